The van der Waals surface area contributed by atoms with Crippen LogP contribution < -0.4 is 14.8 Å². The van der Waals surface area contributed by atoms with E-state index >= 15 is 0 Å². The van der Waals surface area contributed by atoms with Crippen molar-refractivity contribution in [1.29, 1.82) is 0 Å². The van der Waals surface area contributed by atoms with Crippen molar-refractivity contribution in [3.8, 4) is 11.5 Å². The number of ether oxygens (including phenoxy) is 3. The van der Waals surface area contributed by atoms with E-state index in [1.165, 1.54) is 26.2 Å². The van der Waals surface area contributed by atoms with Crippen molar-refractivity contribution in [1.82, 2.24) is 4.90 Å². The molecule has 1 aromatic rings. The zero-order valence-electron chi connectivity index (χ0n) is 17.7. The number of anilines is 1. The Morgan fingerprint density at radius 3 is 2.41 bits per heavy atom. The number of methoxy groups -OCH3 is 3. The van der Waals surface area contributed by atoms with Gasteiger partial charge in [0.25, 0.3) is 0 Å². The Morgan fingerprint density at radius 1 is 1.19 bits per heavy atom. The number of benzene rings is 1. The highest BCUT2D eigenvalue weighted by atomic mass is 32.2. The standard InChI is InChI=1S/C19H28N2O9S2/c1-28-12-5-4-9(6-13(12)29-2)20-19(31)21-10(18(27)30-3)8-32-17(21)16(26)15(25)14(24)11(23)7-22/h4-6,10-11,14-17,22-26H,7-8H2,1-3H3,(H,20,31)/t10-,11+,14+,15-,16+,17?/m0/s1. The molecule has 180 valence electrons. The predicted molar refractivity (Wildman–Crippen MR) is 121 cm³/mol. The summed E-state index contributed by atoms with van der Waals surface area (Å²) in [6.07, 6.45) is -6.93. The molecule has 1 heterocycles. The second-order valence-electron chi connectivity index (χ2n) is 6.89. The van der Waals surface area contributed by atoms with Crippen LogP contribution in [0.5, 0.6) is 11.5 Å². The minimum atomic E-state index is -1.82. The zero-order valence-corrected chi connectivity index (χ0v) is 19.4. The monoisotopic (exact) mass is 492 g/mol. The van der Waals surface area contributed by atoms with Crippen molar-refractivity contribution in [2.45, 2.75) is 35.8 Å². The molecule has 1 aliphatic heterocycles. The van der Waals surface area contributed by atoms with Crippen LogP contribution in [0, 0.1) is 0 Å². The highest BCUT2D eigenvalue weighted by molar-refractivity contribution is 8.00. The molecule has 6 N–H and O–H groups in total. The largest absolute Gasteiger partial charge is 0.493 e. The number of thiocarbonyl (C=S) groups is 1. The maximum atomic E-state index is 12.3. The lowest BCUT2D eigenvalue weighted by Gasteiger charge is -2.36. The van der Waals surface area contributed by atoms with Gasteiger partial charge in [-0.05, 0) is 24.4 Å². The van der Waals surface area contributed by atoms with Crippen LogP contribution in [0.15, 0.2) is 18.2 Å². The fourth-order valence-corrected chi connectivity index (χ4v) is 5.05. The van der Waals surface area contributed by atoms with Crippen molar-refractivity contribution in [2.75, 3.05) is 39.0 Å². The van der Waals surface area contributed by atoms with E-state index in [2.05, 4.69) is 5.32 Å². The maximum Gasteiger partial charge on any atom is 0.329 e. The summed E-state index contributed by atoms with van der Waals surface area (Å²) >= 11 is 6.60. The van der Waals surface area contributed by atoms with Crippen LogP contribution in [0.25, 0.3) is 0 Å². The molecule has 2 rings (SSSR count). The molecule has 0 radical (unpaired) electrons. The zero-order chi connectivity index (χ0) is 24.0. The third kappa shape index (κ3) is 5.73. The highest BCUT2D eigenvalue weighted by Crippen LogP contribution is 2.35. The Morgan fingerprint density at radius 2 is 1.84 bits per heavy atom. The molecule has 1 aromatic carbocycles. The van der Waals surface area contributed by atoms with Gasteiger partial charge in [0.05, 0.1) is 27.9 Å². The van der Waals surface area contributed by atoms with E-state index in [-0.39, 0.29) is 10.9 Å². The van der Waals surface area contributed by atoms with Gasteiger partial charge in [-0.2, -0.15) is 0 Å². The molecule has 1 aliphatic rings. The van der Waals surface area contributed by atoms with E-state index in [0.29, 0.717) is 17.2 Å². The summed E-state index contributed by atoms with van der Waals surface area (Å²) < 4.78 is 15.3. The lowest BCUT2D eigenvalue weighted by molar-refractivity contribution is -0.146. The minimum absolute atomic E-state index is 0.0473. The molecule has 0 amide bonds. The molecule has 0 bridgehead atoms. The van der Waals surface area contributed by atoms with Crippen molar-refractivity contribution < 1.29 is 44.5 Å². The number of aliphatic hydroxyl groups is 5. The summed E-state index contributed by atoms with van der Waals surface area (Å²) in [7, 11) is 4.19. The molecule has 13 heteroatoms. The Bertz CT molecular complexity index is 800. The quantitative estimate of drug-likeness (QED) is 0.179. The van der Waals surface area contributed by atoms with Gasteiger partial charge >= 0.3 is 5.97 Å². The fourth-order valence-electron chi connectivity index (χ4n) is 3.17. The highest BCUT2D eigenvalue weighted by Gasteiger charge is 2.47. The van der Waals surface area contributed by atoms with E-state index < -0.39 is 48.4 Å². The molecular formula is C19H28N2O9S2. The Labute approximate surface area is 194 Å². The van der Waals surface area contributed by atoms with E-state index in [4.69, 9.17) is 31.5 Å². The summed E-state index contributed by atoms with van der Waals surface area (Å²) in [5.74, 6) is 0.525. The molecule has 0 aliphatic carbocycles. The van der Waals surface area contributed by atoms with Gasteiger partial charge < -0.3 is 50.0 Å². The van der Waals surface area contributed by atoms with E-state index in [9.17, 15) is 25.2 Å². The van der Waals surface area contributed by atoms with Crippen molar-refractivity contribution >= 4 is 40.7 Å². The molecular weight excluding hydrogens is 464 g/mol. The second-order valence-corrected chi connectivity index (χ2v) is 8.43. The number of carbonyl (C=O) groups excluding carboxylic acids is 1. The van der Waals surface area contributed by atoms with Gasteiger partial charge in [-0.3, -0.25) is 0 Å². The molecule has 0 aromatic heterocycles. The number of carbonyl (C=O) groups is 1. The predicted octanol–water partition coefficient (Wildman–Crippen LogP) is -1.25. The molecule has 1 saturated heterocycles. The van der Waals surface area contributed by atoms with Crippen LogP contribution in [0.1, 0.15) is 0 Å². The average Bonchev–Trinajstić information content (AvgIpc) is 3.26. The maximum absolute atomic E-state index is 12.3. The first kappa shape index (κ1) is 26.4. The van der Waals surface area contributed by atoms with E-state index in [0.717, 1.165) is 11.8 Å². The van der Waals surface area contributed by atoms with Crippen LogP contribution >= 0.6 is 24.0 Å². The van der Waals surface area contributed by atoms with Gasteiger partial charge in [0.2, 0.25) is 0 Å². The number of hydrogen-bond donors (Lipinski definition) is 6. The summed E-state index contributed by atoms with van der Waals surface area (Å²) in [5.41, 5.74) is 0.512. The van der Waals surface area contributed by atoms with Gasteiger partial charge in [0, 0.05) is 17.5 Å². The van der Waals surface area contributed by atoms with Gasteiger partial charge in [-0.1, -0.05) is 0 Å². The van der Waals surface area contributed by atoms with Gasteiger partial charge in [0.1, 0.15) is 35.8 Å². The first-order valence-corrected chi connectivity index (χ1v) is 11.0. The molecule has 11 nitrogen and oxygen atoms in total. The average molecular weight is 493 g/mol. The summed E-state index contributed by atoms with van der Waals surface area (Å²) in [5, 5.41) is 51.7. The summed E-state index contributed by atoms with van der Waals surface area (Å²) in [4.78, 5) is 13.7. The number of hydrogen-bond acceptors (Lipinski definition) is 11. The topological polar surface area (TPSA) is 161 Å². The smallest absolute Gasteiger partial charge is 0.329 e. The van der Waals surface area contributed by atoms with E-state index in [1.54, 1.807) is 18.2 Å². The SMILES string of the molecule is COC(=O)[C@@H]1CSC([C@H](O)[C@@H](O)[C@H](O)[C@H](O)CO)N1C(=S)Nc1ccc(OC)c(OC)c1. The molecule has 0 spiro atoms. The lowest BCUT2D eigenvalue weighted by atomic mass is 10.0. The summed E-state index contributed by atoms with van der Waals surface area (Å²) in [6, 6.07) is 4.08. The molecule has 32 heavy (non-hydrogen) atoms. The Kier molecular flexibility index (Phi) is 9.76. The second kappa shape index (κ2) is 11.8. The van der Waals surface area contributed by atoms with Gasteiger partial charge in [-0.15, -0.1) is 11.8 Å². The molecule has 1 fully saturated rings. The number of nitrogens with one attached hydrogen (secondary N) is 1. The first-order valence-electron chi connectivity index (χ1n) is 9.54. The van der Waals surface area contributed by atoms with Crippen LogP contribution in [0.3, 0.4) is 0 Å². The van der Waals surface area contributed by atoms with Crippen LogP contribution in [0.2, 0.25) is 0 Å². The number of esters is 1. The normalized spacial score (nSPS) is 21.9. The number of aliphatic hydroxyl groups excluding tert-OH is 5. The van der Waals surface area contributed by atoms with Crippen molar-refractivity contribution in [3.63, 3.8) is 0 Å². The van der Waals surface area contributed by atoms with Crippen LogP contribution in [0.4, 0.5) is 5.69 Å². The first-order chi connectivity index (χ1) is 15.2. The molecule has 1 unspecified atom stereocenters. The lowest BCUT2D eigenvalue weighted by Crippen LogP contribution is -2.56. The van der Waals surface area contributed by atoms with E-state index in [1.807, 2.05) is 0 Å². The summed E-state index contributed by atoms with van der Waals surface area (Å²) in [6.45, 7) is -0.809. The molecule has 6 atom stereocenters. The van der Waals surface area contributed by atoms with Crippen molar-refractivity contribution in [3.05, 3.63) is 18.2 Å². The van der Waals surface area contributed by atoms with Gasteiger partial charge in [0.15, 0.2) is 16.6 Å². The van der Waals surface area contributed by atoms with Gasteiger partial charge in [-0.25, -0.2) is 4.79 Å². The number of thioether (sulfide) groups is 1. The number of nitrogens with zero attached hydrogens (tertiary/aromatic N) is 1. The van der Waals surface area contributed by atoms with Crippen LogP contribution in [-0.4, -0.2) is 111 Å². The third-order valence-corrected chi connectivity index (χ3v) is 6.62. The Balaban J connectivity index is 2.29. The number of rotatable bonds is 9. The Hall–Kier alpha value is -1.87. The third-order valence-electron chi connectivity index (χ3n) is 4.95. The molecule has 0 saturated carbocycles. The van der Waals surface area contributed by atoms with Crippen molar-refractivity contribution in [2.24, 2.45) is 0 Å². The minimum Gasteiger partial charge on any atom is -0.493 e. The van der Waals surface area contributed by atoms with Crippen LogP contribution in [-0.2, 0) is 9.53 Å². The fraction of sp³-hybridized carbons (Fsp3) is 0.579.